The fourth-order valence-electron chi connectivity index (χ4n) is 0.924. The van der Waals surface area contributed by atoms with Crippen molar-refractivity contribution < 1.29 is 9.13 Å². The molecule has 0 aromatic heterocycles. The maximum absolute atomic E-state index is 12.7. The second-order valence-electron chi connectivity index (χ2n) is 2.24. The summed E-state index contributed by atoms with van der Waals surface area (Å²) in [5.74, 6) is 0.0494. The highest BCUT2D eigenvalue weighted by Crippen LogP contribution is 2.19. The zero-order chi connectivity index (χ0) is 11.6. The third kappa shape index (κ3) is 5.57. The van der Waals surface area contributed by atoms with Crippen LogP contribution in [0.2, 0.25) is 0 Å². The van der Waals surface area contributed by atoms with Gasteiger partial charge in [-0.25, -0.2) is 4.39 Å². The second kappa shape index (κ2) is 10.0. The Labute approximate surface area is 87.0 Å². The molecule has 14 heavy (non-hydrogen) atoms. The first-order valence-corrected chi connectivity index (χ1v) is 5.00. The molecule has 0 atom stereocenters. The highest BCUT2D eigenvalue weighted by atomic mass is 19.1. The number of halogens is 1. The molecule has 0 aliphatic heterocycles. The molecular weight excluding hydrogens is 179 g/mol. The minimum absolute atomic E-state index is 0.444. The van der Waals surface area contributed by atoms with E-state index >= 15 is 0 Å². The first-order chi connectivity index (χ1) is 6.67. The fraction of sp³-hybridized carbons (Fsp3) is 0.500. The Hall–Kier alpha value is -1.05. The van der Waals surface area contributed by atoms with Crippen LogP contribution in [-0.2, 0) is 4.74 Å². The van der Waals surface area contributed by atoms with E-state index in [2.05, 4.69) is 13.2 Å². The summed E-state index contributed by atoms with van der Waals surface area (Å²) in [6.45, 7) is 15.0. The lowest BCUT2D eigenvalue weighted by Crippen LogP contribution is -1.94. The number of hydrogen-bond acceptors (Lipinski definition) is 1. The third-order valence-electron chi connectivity index (χ3n) is 1.46. The Bertz CT molecular complexity index is 204. The van der Waals surface area contributed by atoms with Crippen LogP contribution < -0.4 is 0 Å². The Morgan fingerprint density at radius 1 is 1.36 bits per heavy atom. The average molecular weight is 200 g/mol. The topological polar surface area (TPSA) is 9.23 Å². The van der Waals surface area contributed by atoms with Crippen molar-refractivity contribution in [2.45, 2.75) is 34.1 Å². The zero-order valence-electron chi connectivity index (χ0n) is 9.69. The molecule has 0 aromatic rings. The van der Waals surface area contributed by atoms with Gasteiger partial charge in [0.05, 0.1) is 6.61 Å². The van der Waals surface area contributed by atoms with Crippen LogP contribution in [0.4, 0.5) is 4.39 Å². The molecule has 0 saturated carbocycles. The van der Waals surface area contributed by atoms with Crippen LogP contribution in [0.3, 0.4) is 0 Å². The van der Waals surface area contributed by atoms with Gasteiger partial charge >= 0.3 is 0 Å². The van der Waals surface area contributed by atoms with Gasteiger partial charge < -0.3 is 4.74 Å². The van der Waals surface area contributed by atoms with Crippen LogP contribution >= 0.6 is 0 Å². The summed E-state index contributed by atoms with van der Waals surface area (Å²) in [4.78, 5) is 0. The molecule has 0 fully saturated rings. The maximum atomic E-state index is 12.7. The summed E-state index contributed by atoms with van der Waals surface area (Å²) in [6.07, 6.45) is 2.07. The van der Waals surface area contributed by atoms with Crippen LogP contribution in [0, 0.1) is 0 Å². The van der Waals surface area contributed by atoms with Crippen molar-refractivity contribution in [3.05, 3.63) is 36.4 Å². The smallest absolute Gasteiger partial charge is 0.124 e. The summed E-state index contributed by atoms with van der Waals surface area (Å²) in [7, 11) is 0. The first kappa shape index (κ1) is 15.4. The molecular formula is C12H21FO. The highest BCUT2D eigenvalue weighted by molar-refractivity contribution is 5.30. The van der Waals surface area contributed by atoms with Gasteiger partial charge in [0.2, 0.25) is 0 Å². The van der Waals surface area contributed by atoms with Crippen LogP contribution in [0.25, 0.3) is 0 Å². The van der Waals surface area contributed by atoms with E-state index in [1.165, 1.54) is 6.08 Å². The average Bonchev–Trinajstić information content (AvgIpc) is 2.20. The third-order valence-corrected chi connectivity index (χ3v) is 1.46. The van der Waals surface area contributed by atoms with Crippen LogP contribution in [-0.4, -0.2) is 6.61 Å². The number of ether oxygens (including phenoxy) is 1. The maximum Gasteiger partial charge on any atom is 0.124 e. The van der Waals surface area contributed by atoms with Gasteiger partial charge in [0, 0.05) is 5.57 Å². The monoisotopic (exact) mass is 200 g/mol. The Morgan fingerprint density at radius 3 is 2.07 bits per heavy atom. The van der Waals surface area contributed by atoms with E-state index in [0.29, 0.717) is 24.4 Å². The molecule has 0 unspecified atom stereocenters. The molecule has 2 heteroatoms. The molecule has 0 N–H and O–H groups in total. The van der Waals surface area contributed by atoms with Crippen LogP contribution in [0.15, 0.2) is 36.4 Å². The molecule has 0 aromatic carbocycles. The highest BCUT2D eigenvalue weighted by Gasteiger charge is 2.05. The Morgan fingerprint density at radius 2 is 1.86 bits per heavy atom. The van der Waals surface area contributed by atoms with Gasteiger partial charge in [-0.3, -0.25) is 0 Å². The molecule has 0 rings (SSSR count). The van der Waals surface area contributed by atoms with Gasteiger partial charge in [-0.2, -0.15) is 0 Å². The molecule has 0 aliphatic carbocycles. The van der Waals surface area contributed by atoms with Crippen molar-refractivity contribution in [2.24, 2.45) is 0 Å². The molecule has 82 valence electrons. The molecule has 0 heterocycles. The van der Waals surface area contributed by atoms with Crippen molar-refractivity contribution >= 4 is 0 Å². The Balaban J connectivity index is 0. The summed E-state index contributed by atoms with van der Waals surface area (Å²) < 4.78 is 17.9. The first-order valence-electron chi connectivity index (χ1n) is 5.00. The summed E-state index contributed by atoms with van der Waals surface area (Å²) in [6, 6.07) is 0. The van der Waals surface area contributed by atoms with E-state index in [0.717, 1.165) is 0 Å². The minimum Gasteiger partial charge on any atom is -0.494 e. The van der Waals surface area contributed by atoms with E-state index in [-0.39, 0.29) is 0 Å². The lowest BCUT2D eigenvalue weighted by Gasteiger charge is -2.08. The fourth-order valence-corrected chi connectivity index (χ4v) is 0.924. The number of hydrogen-bond donors (Lipinski definition) is 0. The molecule has 0 bridgehead atoms. The van der Waals surface area contributed by atoms with Crippen molar-refractivity contribution in [3.8, 4) is 0 Å². The van der Waals surface area contributed by atoms with Gasteiger partial charge in [-0.05, 0) is 19.4 Å². The quantitative estimate of drug-likeness (QED) is 0.472. The van der Waals surface area contributed by atoms with E-state index in [9.17, 15) is 4.39 Å². The standard InChI is InChI=1S/C10H15FO.C2H6/c1-5-9(8(4)11)10(6-2)12-7-3;1-2/h6H,2,4-5,7H2,1,3H3;1-2H3/b10-9+;. The molecule has 0 aliphatic rings. The largest absolute Gasteiger partial charge is 0.494 e. The lowest BCUT2D eigenvalue weighted by atomic mass is 10.1. The second-order valence-corrected chi connectivity index (χ2v) is 2.24. The van der Waals surface area contributed by atoms with Crippen molar-refractivity contribution in [1.82, 2.24) is 0 Å². The van der Waals surface area contributed by atoms with Crippen molar-refractivity contribution in [3.63, 3.8) is 0 Å². The van der Waals surface area contributed by atoms with E-state index in [1.54, 1.807) is 0 Å². The SMILES string of the molecule is C=C/C(OCC)=C(/CC)C(=C)F.CC. The van der Waals surface area contributed by atoms with E-state index < -0.39 is 5.83 Å². The number of rotatable bonds is 5. The van der Waals surface area contributed by atoms with Gasteiger partial charge in [0.15, 0.2) is 0 Å². The number of allylic oxidation sites excluding steroid dienone is 3. The minimum atomic E-state index is -0.444. The van der Waals surface area contributed by atoms with Gasteiger partial charge in [0.25, 0.3) is 0 Å². The molecule has 0 radical (unpaired) electrons. The normalized spacial score (nSPS) is 10.6. The van der Waals surface area contributed by atoms with Crippen LogP contribution in [0.1, 0.15) is 34.1 Å². The molecule has 0 saturated heterocycles. The van der Waals surface area contributed by atoms with Gasteiger partial charge in [-0.15, -0.1) is 0 Å². The van der Waals surface area contributed by atoms with Crippen LogP contribution in [0.5, 0.6) is 0 Å². The zero-order valence-corrected chi connectivity index (χ0v) is 9.69. The summed E-state index contributed by atoms with van der Waals surface area (Å²) in [5, 5.41) is 0. The van der Waals surface area contributed by atoms with E-state index in [4.69, 9.17) is 4.74 Å². The van der Waals surface area contributed by atoms with Crippen molar-refractivity contribution in [1.29, 1.82) is 0 Å². The van der Waals surface area contributed by atoms with Crippen molar-refractivity contribution in [2.75, 3.05) is 6.61 Å². The summed E-state index contributed by atoms with van der Waals surface area (Å²) in [5.41, 5.74) is 0.492. The molecule has 0 amide bonds. The van der Waals surface area contributed by atoms with Gasteiger partial charge in [-0.1, -0.05) is 33.9 Å². The van der Waals surface area contributed by atoms with E-state index in [1.807, 2.05) is 27.7 Å². The molecule has 1 nitrogen and oxygen atoms in total. The predicted octanol–water partition coefficient (Wildman–Crippen LogP) is 4.38. The van der Waals surface area contributed by atoms with Gasteiger partial charge in [0.1, 0.15) is 11.6 Å². The predicted molar refractivity (Wildman–Crippen MR) is 60.7 cm³/mol. The summed E-state index contributed by atoms with van der Waals surface area (Å²) >= 11 is 0. The Kier molecular flexibility index (Phi) is 11.1. The lowest BCUT2D eigenvalue weighted by molar-refractivity contribution is 0.238. The molecule has 0 spiro atoms.